The number of nitrogens with zero attached hydrogens (tertiary/aromatic N) is 5. The van der Waals surface area contributed by atoms with Crippen LogP contribution in [-0.4, -0.2) is 74.6 Å². The number of nitrogens with one attached hydrogen (secondary N) is 2. The molecule has 0 bridgehead atoms. The number of ether oxygens (including phenoxy) is 3. The number of methoxy groups -OCH3 is 1. The number of imidazole rings is 1. The maximum Gasteiger partial charge on any atom is 0.413 e. The lowest BCUT2D eigenvalue weighted by molar-refractivity contribution is -0.147. The van der Waals surface area contributed by atoms with E-state index < -0.39 is 40.7 Å². The van der Waals surface area contributed by atoms with Gasteiger partial charge in [0.05, 0.1) is 26.5 Å². The number of hydrogen-bond donors (Lipinski definition) is 2. The van der Waals surface area contributed by atoms with Gasteiger partial charge in [-0.2, -0.15) is 0 Å². The van der Waals surface area contributed by atoms with Gasteiger partial charge in [-0.15, -0.1) is 0 Å². The molecule has 2 N–H and O–H groups in total. The van der Waals surface area contributed by atoms with Crippen molar-refractivity contribution < 1.29 is 33.0 Å². The van der Waals surface area contributed by atoms with Crippen LogP contribution < -0.4 is 15.5 Å². The van der Waals surface area contributed by atoms with Gasteiger partial charge < -0.3 is 29.0 Å². The van der Waals surface area contributed by atoms with Crippen LogP contribution in [0.5, 0.6) is 0 Å². The van der Waals surface area contributed by atoms with Crippen molar-refractivity contribution in [3.05, 3.63) is 48.3 Å². The summed E-state index contributed by atoms with van der Waals surface area (Å²) < 4.78 is 32.6. The Balaban J connectivity index is 1.68. The minimum Gasteiger partial charge on any atom is -0.467 e. The Bertz CT molecular complexity index is 1590. The number of esters is 1. The number of aromatic nitrogens is 4. The van der Waals surface area contributed by atoms with Gasteiger partial charge in [-0.25, -0.2) is 33.7 Å². The highest BCUT2D eigenvalue weighted by Crippen LogP contribution is 2.35. The molecule has 236 valence electrons. The van der Waals surface area contributed by atoms with E-state index in [1.807, 2.05) is 4.90 Å². The number of carbonyl (C=O) groups excluding carboxylic acids is 3. The molecule has 2 amide bonds. The molecule has 0 spiro atoms. The highest BCUT2D eigenvalue weighted by Gasteiger charge is 2.48. The zero-order valence-electron chi connectivity index (χ0n) is 26.0. The topological polar surface area (TPSA) is 150 Å². The van der Waals surface area contributed by atoms with Crippen molar-refractivity contribution in [1.29, 1.82) is 0 Å². The fourth-order valence-corrected chi connectivity index (χ4v) is 5.00. The van der Waals surface area contributed by atoms with Gasteiger partial charge in [0.1, 0.15) is 23.3 Å². The van der Waals surface area contributed by atoms with E-state index in [1.165, 1.54) is 31.9 Å². The SMILES string of the molecule is C=Cc1c(F)ccc(N2CC[C@](NC(=O)OC(C)(C)C)(C(=O)OC)C2)c1Cn1cnc2c(NC(=O)OC(C)(C)C)ncnc21. The van der Waals surface area contributed by atoms with E-state index in [9.17, 15) is 14.4 Å². The molecule has 4 rings (SSSR count). The van der Waals surface area contributed by atoms with Crippen LogP contribution in [0.25, 0.3) is 17.2 Å². The molecular formula is C30H38FN7O6. The third-order valence-electron chi connectivity index (χ3n) is 6.76. The molecule has 2 aromatic heterocycles. The molecule has 1 saturated heterocycles. The van der Waals surface area contributed by atoms with Crippen LogP contribution in [0.15, 0.2) is 31.4 Å². The molecule has 3 heterocycles. The van der Waals surface area contributed by atoms with Crippen molar-refractivity contribution in [2.75, 3.05) is 30.4 Å². The second kappa shape index (κ2) is 12.1. The summed E-state index contributed by atoms with van der Waals surface area (Å²) in [7, 11) is 1.25. The first-order valence-corrected chi connectivity index (χ1v) is 14.0. The smallest absolute Gasteiger partial charge is 0.413 e. The van der Waals surface area contributed by atoms with E-state index in [1.54, 1.807) is 52.2 Å². The molecule has 3 aromatic rings. The molecule has 1 fully saturated rings. The third-order valence-corrected chi connectivity index (χ3v) is 6.76. The van der Waals surface area contributed by atoms with Crippen LogP contribution >= 0.6 is 0 Å². The molecule has 0 saturated carbocycles. The quantitative estimate of drug-likeness (QED) is 0.286. The second-order valence-corrected chi connectivity index (χ2v) is 12.4. The van der Waals surface area contributed by atoms with E-state index in [2.05, 4.69) is 32.2 Å². The number of carbonyl (C=O) groups is 3. The van der Waals surface area contributed by atoms with Crippen molar-refractivity contribution in [2.24, 2.45) is 0 Å². The van der Waals surface area contributed by atoms with Gasteiger partial charge in [-0.3, -0.25) is 5.32 Å². The molecular weight excluding hydrogens is 573 g/mol. The van der Waals surface area contributed by atoms with Crippen molar-refractivity contribution >= 4 is 46.9 Å². The normalized spacial score (nSPS) is 16.9. The summed E-state index contributed by atoms with van der Waals surface area (Å²) in [6.07, 6.45) is 2.98. The highest BCUT2D eigenvalue weighted by molar-refractivity contribution is 5.93. The standard InChI is InChI=1S/C30H38FN7O6/c1-9-18-19(14-38-17-34-22-23(32-16-33-24(22)38)35-26(40)43-28(2,3)4)21(11-10-20(18)31)37-13-12-30(15-37,25(39)42-8)36-27(41)44-29(5,6)7/h9-11,16-17H,1,12-15H2,2-8H3,(H,36,41)(H,32,33,35,40)/t30-/m1/s1. The van der Waals surface area contributed by atoms with E-state index in [4.69, 9.17) is 14.2 Å². The molecule has 1 aromatic carbocycles. The van der Waals surface area contributed by atoms with E-state index in [0.29, 0.717) is 29.0 Å². The van der Waals surface area contributed by atoms with Crippen LogP contribution in [0.3, 0.4) is 0 Å². The summed E-state index contributed by atoms with van der Waals surface area (Å²) in [5.74, 6) is -0.960. The first kappa shape index (κ1) is 32.2. The molecule has 13 nitrogen and oxygen atoms in total. The average Bonchev–Trinajstić information content (AvgIpc) is 3.52. The van der Waals surface area contributed by atoms with E-state index >= 15 is 4.39 Å². The molecule has 1 aliphatic rings. The number of hydrogen-bond acceptors (Lipinski definition) is 10. The second-order valence-electron chi connectivity index (χ2n) is 12.4. The van der Waals surface area contributed by atoms with Crippen LogP contribution in [0, 0.1) is 5.82 Å². The summed E-state index contributed by atoms with van der Waals surface area (Å²) >= 11 is 0. The van der Waals surface area contributed by atoms with Crippen LogP contribution in [0.2, 0.25) is 0 Å². The molecule has 0 aliphatic carbocycles. The van der Waals surface area contributed by atoms with Gasteiger partial charge in [-0.05, 0) is 53.7 Å². The lowest BCUT2D eigenvalue weighted by Crippen LogP contribution is -2.57. The number of amides is 2. The van der Waals surface area contributed by atoms with Gasteiger partial charge in [0.15, 0.2) is 22.5 Å². The fraction of sp³-hybridized carbons (Fsp3) is 0.467. The zero-order valence-corrected chi connectivity index (χ0v) is 26.0. The van der Waals surface area contributed by atoms with Crippen LogP contribution in [0.4, 0.5) is 25.5 Å². The Labute approximate surface area is 254 Å². The van der Waals surface area contributed by atoms with Crippen LogP contribution in [0.1, 0.15) is 59.1 Å². The molecule has 1 aliphatic heterocycles. The Morgan fingerprint density at radius 2 is 1.75 bits per heavy atom. The summed E-state index contributed by atoms with van der Waals surface area (Å²) in [5, 5.41) is 5.32. The van der Waals surface area contributed by atoms with Crippen LogP contribution in [-0.2, 0) is 25.5 Å². The van der Waals surface area contributed by atoms with Crippen molar-refractivity contribution in [1.82, 2.24) is 24.8 Å². The molecule has 44 heavy (non-hydrogen) atoms. The Morgan fingerprint density at radius 1 is 1.07 bits per heavy atom. The highest BCUT2D eigenvalue weighted by atomic mass is 19.1. The average molecular weight is 612 g/mol. The lowest BCUT2D eigenvalue weighted by atomic mass is 9.99. The lowest BCUT2D eigenvalue weighted by Gasteiger charge is -2.30. The predicted molar refractivity (Wildman–Crippen MR) is 162 cm³/mol. The first-order valence-electron chi connectivity index (χ1n) is 14.0. The van der Waals surface area contributed by atoms with Gasteiger partial charge in [0.25, 0.3) is 0 Å². The number of fused-ring (bicyclic) bond motifs is 1. The Hall–Kier alpha value is -4.75. The van der Waals surface area contributed by atoms with Crippen molar-refractivity contribution in [2.45, 2.75) is 71.2 Å². The number of anilines is 2. The predicted octanol–water partition coefficient (Wildman–Crippen LogP) is 4.65. The number of halogens is 1. The molecule has 0 unspecified atom stereocenters. The Morgan fingerprint density at radius 3 is 2.39 bits per heavy atom. The summed E-state index contributed by atoms with van der Waals surface area (Å²) in [6, 6.07) is 2.94. The molecule has 0 radical (unpaired) electrons. The minimum absolute atomic E-state index is 0.0466. The first-order chi connectivity index (χ1) is 20.6. The van der Waals surface area contributed by atoms with Crippen molar-refractivity contribution in [3.63, 3.8) is 0 Å². The third kappa shape index (κ3) is 7.06. The zero-order chi connectivity index (χ0) is 32.4. The summed E-state index contributed by atoms with van der Waals surface area (Å²) in [4.78, 5) is 52.9. The summed E-state index contributed by atoms with van der Waals surface area (Å²) in [5.41, 5.74) is -0.790. The number of alkyl carbamates (subject to hydrolysis) is 1. The minimum atomic E-state index is -1.39. The molecule has 14 heteroatoms. The maximum atomic E-state index is 15.1. The number of rotatable bonds is 7. The van der Waals surface area contributed by atoms with E-state index in [0.717, 1.165) is 0 Å². The summed E-state index contributed by atoms with van der Waals surface area (Å²) in [6.45, 7) is 14.7. The van der Waals surface area contributed by atoms with Gasteiger partial charge >= 0.3 is 18.2 Å². The van der Waals surface area contributed by atoms with Crippen molar-refractivity contribution in [3.8, 4) is 0 Å². The fourth-order valence-electron chi connectivity index (χ4n) is 5.00. The van der Waals surface area contributed by atoms with E-state index in [-0.39, 0.29) is 30.9 Å². The van der Waals surface area contributed by atoms with Gasteiger partial charge in [0, 0.05) is 29.8 Å². The monoisotopic (exact) mass is 611 g/mol. The Kier molecular flexibility index (Phi) is 8.84. The molecule has 1 atom stereocenters. The number of benzene rings is 1. The van der Waals surface area contributed by atoms with Gasteiger partial charge in [-0.1, -0.05) is 12.7 Å². The van der Waals surface area contributed by atoms with Gasteiger partial charge in [0.2, 0.25) is 0 Å². The largest absolute Gasteiger partial charge is 0.467 e. The maximum absolute atomic E-state index is 15.1.